The van der Waals surface area contributed by atoms with Gasteiger partial charge in [-0.15, -0.1) is 0 Å². The fourth-order valence-corrected chi connectivity index (χ4v) is 1.71. The standard InChI is InChI=1S/C13H14N2O3/c1-8-10(7-16)15-13(14-8)9-4-5-11(17-2)12(6-9)18-3/h4-7H,1-3H3,(H,14,15). The molecule has 5 nitrogen and oxygen atoms in total. The Hall–Kier alpha value is -2.30. The number of ether oxygens (including phenoxy) is 2. The molecule has 0 aliphatic heterocycles. The minimum absolute atomic E-state index is 0.416. The Morgan fingerprint density at radius 1 is 1.22 bits per heavy atom. The molecular formula is C13H14N2O3. The molecule has 1 aromatic carbocycles. The summed E-state index contributed by atoms with van der Waals surface area (Å²) >= 11 is 0. The molecule has 0 bridgehead atoms. The number of benzene rings is 1. The highest BCUT2D eigenvalue weighted by atomic mass is 16.5. The molecule has 2 rings (SSSR count). The number of aromatic amines is 1. The summed E-state index contributed by atoms with van der Waals surface area (Å²) in [4.78, 5) is 18.0. The summed E-state index contributed by atoms with van der Waals surface area (Å²) in [5.41, 5.74) is 2.00. The fraction of sp³-hybridized carbons (Fsp3) is 0.231. The van der Waals surface area contributed by atoms with Crippen LogP contribution < -0.4 is 9.47 Å². The average Bonchev–Trinajstić information content (AvgIpc) is 2.79. The first-order valence-electron chi connectivity index (χ1n) is 5.43. The molecule has 18 heavy (non-hydrogen) atoms. The number of rotatable bonds is 4. The largest absolute Gasteiger partial charge is 0.493 e. The van der Waals surface area contributed by atoms with Crippen LogP contribution in [0.5, 0.6) is 11.5 Å². The molecule has 1 heterocycles. The van der Waals surface area contributed by atoms with Crippen molar-refractivity contribution >= 4 is 6.29 Å². The second-order valence-electron chi connectivity index (χ2n) is 3.78. The van der Waals surface area contributed by atoms with Crippen molar-refractivity contribution in [3.05, 3.63) is 29.6 Å². The molecule has 0 aliphatic rings. The monoisotopic (exact) mass is 246 g/mol. The number of imidazole rings is 1. The van der Waals surface area contributed by atoms with Crippen molar-refractivity contribution in [2.75, 3.05) is 14.2 Å². The van der Waals surface area contributed by atoms with Gasteiger partial charge in [0.15, 0.2) is 17.8 Å². The molecule has 0 unspecified atom stereocenters. The van der Waals surface area contributed by atoms with Crippen molar-refractivity contribution < 1.29 is 14.3 Å². The number of nitrogens with one attached hydrogen (secondary N) is 1. The fourth-order valence-electron chi connectivity index (χ4n) is 1.71. The summed E-state index contributed by atoms with van der Waals surface area (Å²) in [5.74, 6) is 1.91. The highest BCUT2D eigenvalue weighted by Crippen LogP contribution is 2.31. The number of hydrogen-bond acceptors (Lipinski definition) is 4. The minimum Gasteiger partial charge on any atom is -0.493 e. The molecule has 1 aromatic heterocycles. The smallest absolute Gasteiger partial charge is 0.170 e. The van der Waals surface area contributed by atoms with Gasteiger partial charge in [-0.2, -0.15) is 0 Å². The van der Waals surface area contributed by atoms with Crippen LogP contribution in [0.4, 0.5) is 0 Å². The molecule has 0 spiro atoms. The molecular weight excluding hydrogens is 232 g/mol. The third-order valence-corrected chi connectivity index (χ3v) is 2.69. The van der Waals surface area contributed by atoms with E-state index in [1.54, 1.807) is 27.2 Å². The van der Waals surface area contributed by atoms with Crippen LogP contribution in [0.25, 0.3) is 11.4 Å². The number of carbonyl (C=O) groups excluding carboxylic acids is 1. The molecule has 0 amide bonds. The summed E-state index contributed by atoms with van der Waals surface area (Å²) < 4.78 is 10.4. The molecule has 0 radical (unpaired) electrons. The Morgan fingerprint density at radius 2 is 1.94 bits per heavy atom. The van der Waals surface area contributed by atoms with Crippen molar-refractivity contribution in [2.24, 2.45) is 0 Å². The topological polar surface area (TPSA) is 64.2 Å². The molecule has 0 aliphatic carbocycles. The molecule has 0 saturated heterocycles. The molecule has 2 aromatic rings. The second kappa shape index (κ2) is 4.91. The Bertz CT molecular complexity index is 576. The Labute approximate surface area is 105 Å². The van der Waals surface area contributed by atoms with Crippen molar-refractivity contribution in [3.8, 4) is 22.9 Å². The van der Waals surface area contributed by atoms with E-state index in [0.29, 0.717) is 23.0 Å². The zero-order valence-electron chi connectivity index (χ0n) is 10.5. The maximum atomic E-state index is 10.8. The number of H-pyrrole nitrogens is 1. The van der Waals surface area contributed by atoms with Crippen LogP contribution in [-0.4, -0.2) is 30.5 Å². The predicted octanol–water partition coefficient (Wildman–Crippen LogP) is 2.21. The molecule has 94 valence electrons. The number of methoxy groups -OCH3 is 2. The van der Waals surface area contributed by atoms with E-state index in [1.165, 1.54) is 0 Å². The zero-order chi connectivity index (χ0) is 13.1. The number of hydrogen-bond donors (Lipinski definition) is 1. The van der Waals surface area contributed by atoms with E-state index < -0.39 is 0 Å². The van der Waals surface area contributed by atoms with Crippen LogP contribution >= 0.6 is 0 Å². The second-order valence-corrected chi connectivity index (χ2v) is 3.78. The first-order chi connectivity index (χ1) is 8.69. The first-order valence-corrected chi connectivity index (χ1v) is 5.43. The van der Waals surface area contributed by atoms with Crippen molar-refractivity contribution in [3.63, 3.8) is 0 Å². The highest BCUT2D eigenvalue weighted by Gasteiger charge is 2.10. The number of nitrogens with zero attached hydrogens (tertiary/aromatic N) is 1. The van der Waals surface area contributed by atoms with Gasteiger partial charge in [-0.3, -0.25) is 4.79 Å². The van der Waals surface area contributed by atoms with Crippen LogP contribution in [0.2, 0.25) is 0 Å². The normalized spacial score (nSPS) is 10.2. The van der Waals surface area contributed by atoms with Crippen molar-refractivity contribution in [1.82, 2.24) is 9.97 Å². The van der Waals surface area contributed by atoms with E-state index in [4.69, 9.17) is 9.47 Å². The number of aryl methyl sites for hydroxylation is 1. The average molecular weight is 246 g/mol. The molecule has 1 N–H and O–H groups in total. The van der Waals surface area contributed by atoms with Gasteiger partial charge in [0.25, 0.3) is 0 Å². The van der Waals surface area contributed by atoms with E-state index in [2.05, 4.69) is 9.97 Å². The van der Waals surface area contributed by atoms with Crippen molar-refractivity contribution in [2.45, 2.75) is 6.92 Å². The summed E-state index contributed by atoms with van der Waals surface area (Å²) in [6.07, 6.45) is 0.732. The van der Waals surface area contributed by atoms with Crippen LogP contribution in [-0.2, 0) is 0 Å². The quantitative estimate of drug-likeness (QED) is 0.840. The Kier molecular flexibility index (Phi) is 3.32. The van der Waals surface area contributed by atoms with Gasteiger partial charge in [0.05, 0.1) is 14.2 Å². The van der Waals surface area contributed by atoms with Gasteiger partial charge >= 0.3 is 0 Å². The number of aromatic nitrogens is 2. The molecule has 0 fully saturated rings. The van der Waals surface area contributed by atoms with Gasteiger partial charge in [-0.05, 0) is 25.1 Å². The maximum Gasteiger partial charge on any atom is 0.170 e. The van der Waals surface area contributed by atoms with E-state index in [9.17, 15) is 4.79 Å². The van der Waals surface area contributed by atoms with E-state index >= 15 is 0 Å². The Morgan fingerprint density at radius 3 is 2.50 bits per heavy atom. The van der Waals surface area contributed by atoms with Gasteiger partial charge in [-0.25, -0.2) is 4.98 Å². The van der Waals surface area contributed by atoms with Gasteiger partial charge in [0, 0.05) is 11.3 Å². The third kappa shape index (κ3) is 2.07. The van der Waals surface area contributed by atoms with E-state index in [1.807, 2.05) is 12.1 Å². The number of carbonyl (C=O) groups is 1. The van der Waals surface area contributed by atoms with E-state index in [-0.39, 0.29) is 0 Å². The summed E-state index contributed by atoms with van der Waals surface area (Å²) in [6.45, 7) is 1.81. The summed E-state index contributed by atoms with van der Waals surface area (Å²) in [7, 11) is 3.16. The highest BCUT2D eigenvalue weighted by molar-refractivity contribution is 5.75. The number of aldehydes is 1. The van der Waals surface area contributed by atoms with Gasteiger partial charge in [0.1, 0.15) is 11.5 Å². The summed E-state index contributed by atoms with van der Waals surface area (Å²) in [5, 5.41) is 0. The lowest BCUT2D eigenvalue weighted by Gasteiger charge is -2.08. The molecule has 5 heteroatoms. The third-order valence-electron chi connectivity index (χ3n) is 2.69. The molecule has 0 atom stereocenters. The van der Waals surface area contributed by atoms with Gasteiger partial charge < -0.3 is 14.5 Å². The Balaban J connectivity index is 2.47. The van der Waals surface area contributed by atoms with Crippen LogP contribution in [0.1, 0.15) is 16.2 Å². The van der Waals surface area contributed by atoms with Crippen LogP contribution in [0.3, 0.4) is 0 Å². The van der Waals surface area contributed by atoms with Crippen LogP contribution in [0, 0.1) is 6.92 Å². The van der Waals surface area contributed by atoms with Crippen molar-refractivity contribution in [1.29, 1.82) is 0 Å². The first kappa shape index (κ1) is 12.2. The lowest BCUT2D eigenvalue weighted by molar-refractivity contribution is 0.111. The SMILES string of the molecule is COc1ccc(-c2nc(C=O)c(C)[nH]2)cc1OC. The lowest BCUT2D eigenvalue weighted by Crippen LogP contribution is -1.91. The van der Waals surface area contributed by atoms with Gasteiger partial charge in [0.2, 0.25) is 0 Å². The minimum atomic E-state index is 0.416. The van der Waals surface area contributed by atoms with E-state index in [0.717, 1.165) is 17.5 Å². The zero-order valence-corrected chi connectivity index (χ0v) is 10.5. The van der Waals surface area contributed by atoms with Crippen LogP contribution in [0.15, 0.2) is 18.2 Å². The maximum absolute atomic E-state index is 10.8. The summed E-state index contributed by atoms with van der Waals surface area (Å²) in [6, 6.07) is 5.46. The van der Waals surface area contributed by atoms with Gasteiger partial charge in [-0.1, -0.05) is 0 Å². The lowest BCUT2D eigenvalue weighted by atomic mass is 10.2. The predicted molar refractivity (Wildman–Crippen MR) is 67.3 cm³/mol. The molecule has 0 saturated carbocycles.